The maximum atomic E-state index is 8.14. The number of halogens is 1. The monoisotopic (exact) mass is 339 g/mol. The van der Waals surface area contributed by atoms with Crippen LogP contribution in [-0.4, -0.2) is 35.1 Å². The number of rotatable bonds is 3. The zero-order chi connectivity index (χ0) is 15.6. The predicted octanol–water partition coefficient (Wildman–Crippen LogP) is -0.656. The van der Waals surface area contributed by atoms with Crippen LogP contribution < -0.4 is 29.6 Å². The second kappa shape index (κ2) is 36.8. The van der Waals surface area contributed by atoms with Crippen LogP contribution in [0.4, 0.5) is 0 Å². The standard InChI is InChI=1S/3C4H10O.CHNS.ClH.Na/c3*1-4(2)3-5;2-1-3;;/h3*4-5H,3H2,1-2H3;3H;1H;/q;;;;;+1/p-1. The van der Waals surface area contributed by atoms with Crippen molar-refractivity contribution in [3.05, 3.63) is 0 Å². The van der Waals surface area contributed by atoms with Gasteiger partial charge in [0, 0.05) is 19.8 Å². The Kier molecular flexibility index (Phi) is 68.5. The first-order valence-electron chi connectivity index (χ1n) is 6.07. The number of nitrogens with zero attached hydrogens (tertiary/aromatic N) is 1. The number of aliphatic hydroxyl groups excluding tert-OH is 3. The van der Waals surface area contributed by atoms with Crippen molar-refractivity contribution >= 4 is 25.0 Å². The maximum absolute atomic E-state index is 8.14. The van der Waals surface area contributed by atoms with Gasteiger partial charge in [0.15, 0.2) is 0 Å². The van der Waals surface area contributed by atoms with Gasteiger partial charge in [-0.15, -0.1) is 12.4 Å². The molecule has 0 heterocycles. The first-order chi connectivity index (χ1) is 8.22. The van der Waals surface area contributed by atoms with E-state index >= 15 is 0 Å². The number of nitriles is 1. The van der Waals surface area contributed by atoms with Crippen molar-refractivity contribution in [2.75, 3.05) is 19.8 Å². The topological polar surface area (TPSA) is 84.5 Å². The van der Waals surface area contributed by atoms with Crippen molar-refractivity contribution in [3.8, 4) is 5.40 Å². The largest absolute Gasteiger partial charge is 1.00 e. The molecule has 3 N–H and O–H groups in total. The molecule has 0 radical (unpaired) electrons. The van der Waals surface area contributed by atoms with Crippen LogP contribution in [0.2, 0.25) is 0 Å². The van der Waals surface area contributed by atoms with Crippen LogP contribution in [0.1, 0.15) is 41.5 Å². The maximum Gasteiger partial charge on any atom is 1.00 e. The van der Waals surface area contributed by atoms with E-state index in [-0.39, 0.29) is 42.0 Å². The molecular formula is C13H31ClNNaO3S. The average molecular weight is 340 g/mol. The van der Waals surface area contributed by atoms with Gasteiger partial charge in [-0.2, -0.15) is 0 Å². The fraction of sp³-hybridized carbons (Fsp3) is 0.923. The van der Waals surface area contributed by atoms with Gasteiger partial charge in [-0.3, -0.25) is 0 Å². The Labute approximate surface area is 159 Å². The molecule has 0 rings (SSSR count). The van der Waals surface area contributed by atoms with Crippen molar-refractivity contribution < 1.29 is 44.9 Å². The van der Waals surface area contributed by atoms with Crippen molar-refractivity contribution in [3.63, 3.8) is 0 Å². The van der Waals surface area contributed by atoms with Gasteiger partial charge < -0.3 is 27.9 Å². The molecule has 0 saturated carbocycles. The minimum atomic E-state index is 0. The Morgan fingerprint density at radius 3 is 0.850 bits per heavy atom. The molecule has 0 saturated heterocycles. The predicted molar refractivity (Wildman–Crippen MR) is 86.0 cm³/mol. The van der Waals surface area contributed by atoms with Gasteiger partial charge in [0.1, 0.15) is 0 Å². The fourth-order valence-corrected chi connectivity index (χ4v) is 0. The summed E-state index contributed by atoms with van der Waals surface area (Å²) < 4.78 is 0. The molecule has 0 aromatic carbocycles. The van der Waals surface area contributed by atoms with Gasteiger partial charge in [0.25, 0.3) is 0 Å². The number of aliphatic hydroxyl groups is 3. The van der Waals surface area contributed by atoms with E-state index in [2.05, 4.69) is 12.6 Å². The minimum Gasteiger partial charge on any atom is -0.696 e. The van der Waals surface area contributed by atoms with Crippen molar-refractivity contribution in [1.82, 2.24) is 0 Å². The first-order valence-corrected chi connectivity index (χ1v) is 6.47. The van der Waals surface area contributed by atoms with Crippen LogP contribution in [0.25, 0.3) is 0 Å². The first kappa shape index (κ1) is 37.3. The smallest absolute Gasteiger partial charge is 0.696 e. The van der Waals surface area contributed by atoms with E-state index < -0.39 is 0 Å². The van der Waals surface area contributed by atoms with Crippen LogP contribution in [0.15, 0.2) is 0 Å². The number of thiocyanates is 1. The molecule has 4 nitrogen and oxygen atoms in total. The van der Waals surface area contributed by atoms with Gasteiger partial charge in [-0.05, 0) is 17.8 Å². The van der Waals surface area contributed by atoms with E-state index in [1.54, 1.807) is 0 Å². The van der Waals surface area contributed by atoms with Crippen LogP contribution in [0.5, 0.6) is 0 Å². The summed E-state index contributed by atoms with van der Waals surface area (Å²) in [4.78, 5) is 0. The molecule has 0 aromatic rings. The van der Waals surface area contributed by atoms with E-state index in [9.17, 15) is 0 Å². The summed E-state index contributed by atoms with van der Waals surface area (Å²) in [6, 6.07) is 0. The normalized spacial score (nSPS) is 7.55. The Balaban J connectivity index is -0.0000000321. The van der Waals surface area contributed by atoms with E-state index in [0.717, 1.165) is 0 Å². The van der Waals surface area contributed by atoms with Crippen molar-refractivity contribution in [2.45, 2.75) is 41.5 Å². The Bertz CT molecular complexity index is 149. The minimum absolute atomic E-state index is 0. The molecule has 0 bridgehead atoms. The Hall–Kier alpha value is 0.880. The fourth-order valence-electron chi connectivity index (χ4n) is 0. The molecular weight excluding hydrogens is 309 g/mol. The van der Waals surface area contributed by atoms with Crippen molar-refractivity contribution in [2.24, 2.45) is 17.8 Å². The molecule has 20 heavy (non-hydrogen) atoms. The zero-order valence-electron chi connectivity index (χ0n) is 14.0. The molecule has 0 aliphatic carbocycles. The molecule has 0 fully saturated rings. The third-order valence-corrected chi connectivity index (χ3v) is 1.10. The molecule has 0 atom stereocenters. The molecule has 120 valence electrons. The summed E-state index contributed by atoms with van der Waals surface area (Å²) in [5.41, 5.74) is 0. The summed E-state index contributed by atoms with van der Waals surface area (Å²) in [5.74, 6) is 1.32. The van der Waals surface area contributed by atoms with Crippen molar-refractivity contribution in [1.29, 1.82) is 5.26 Å². The van der Waals surface area contributed by atoms with Crippen LogP contribution in [-0.2, 0) is 12.6 Å². The molecule has 0 aliphatic rings. The third-order valence-electron chi connectivity index (χ3n) is 1.10. The van der Waals surface area contributed by atoms with Gasteiger partial charge in [-0.25, -0.2) is 5.26 Å². The summed E-state index contributed by atoms with van der Waals surface area (Å²) in [5, 5.41) is 32.9. The number of hydrogen-bond donors (Lipinski definition) is 3. The SMILES string of the molecule is CC(C)CO.CC(C)CO.CC(C)CO.Cl.N#C[S-].[Na+]. The Morgan fingerprint density at radius 2 is 0.850 bits per heavy atom. The van der Waals surface area contributed by atoms with Crippen LogP contribution >= 0.6 is 12.4 Å². The second-order valence-electron chi connectivity index (χ2n) is 4.82. The van der Waals surface area contributed by atoms with Crippen LogP contribution in [0, 0.1) is 28.4 Å². The molecule has 0 aromatic heterocycles. The Morgan fingerprint density at radius 1 is 0.800 bits per heavy atom. The number of hydrogen-bond acceptors (Lipinski definition) is 5. The van der Waals surface area contributed by atoms with Gasteiger partial charge in [0.2, 0.25) is 0 Å². The second-order valence-corrected chi connectivity index (χ2v) is 5.00. The van der Waals surface area contributed by atoms with E-state index in [1.807, 2.05) is 41.5 Å². The van der Waals surface area contributed by atoms with Crippen LogP contribution in [0.3, 0.4) is 0 Å². The molecule has 0 spiro atoms. The molecule has 0 amide bonds. The summed E-state index contributed by atoms with van der Waals surface area (Å²) in [6.45, 7) is 12.7. The van der Waals surface area contributed by atoms with Gasteiger partial charge in [0.05, 0.1) is 0 Å². The van der Waals surface area contributed by atoms with E-state index in [1.165, 1.54) is 5.40 Å². The van der Waals surface area contributed by atoms with E-state index in [4.69, 9.17) is 20.6 Å². The summed E-state index contributed by atoms with van der Waals surface area (Å²) in [6.07, 6.45) is 0. The zero-order valence-corrected chi connectivity index (χ0v) is 17.6. The average Bonchev–Trinajstić information content (AvgIpc) is 2.31. The summed E-state index contributed by atoms with van der Waals surface area (Å²) >= 11 is 3.70. The van der Waals surface area contributed by atoms with Gasteiger partial charge in [-0.1, -0.05) is 46.9 Å². The molecule has 7 heteroatoms. The molecule has 0 aliphatic heterocycles. The summed E-state index contributed by atoms with van der Waals surface area (Å²) in [7, 11) is 0. The quantitative estimate of drug-likeness (QED) is 0.361. The van der Waals surface area contributed by atoms with E-state index in [0.29, 0.717) is 37.6 Å². The molecule has 0 unspecified atom stereocenters. The third kappa shape index (κ3) is 128. The van der Waals surface area contributed by atoms with Gasteiger partial charge >= 0.3 is 29.6 Å².